The molecule has 7 nitrogen and oxygen atoms in total. The summed E-state index contributed by atoms with van der Waals surface area (Å²) in [5, 5.41) is 2.84. The predicted octanol–water partition coefficient (Wildman–Crippen LogP) is 1.08. The van der Waals surface area contributed by atoms with Crippen molar-refractivity contribution in [2.24, 2.45) is 5.73 Å². The molecule has 0 unspecified atom stereocenters. The zero-order chi connectivity index (χ0) is 20.1. The second-order valence-corrected chi connectivity index (χ2v) is 9.19. The predicted molar refractivity (Wildman–Crippen MR) is 109 cm³/mol. The van der Waals surface area contributed by atoms with E-state index in [1.165, 1.54) is 9.87 Å². The lowest BCUT2D eigenvalue weighted by Gasteiger charge is -2.36. The van der Waals surface area contributed by atoms with Gasteiger partial charge in [-0.1, -0.05) is 26.0 Å². The fraction of sp³-hybridized carbons (Fsp3) is 0.632. The molecular weight excluding hydrogens is 364 g/mol. The van der Waals surface area contributed by atoms with Gasteiger partial charge in [0.25, 0.3) is 0 Å². The van der Waals surface area contributed by atoms with Crippen molar-refractivity contribution in [1.82, 2.24) is 9.62 Å². The third kappa shape index (κ3) is 5.43. The highest BCUT2D eigenvalue weighted by atomic mass is 32.2. The first kappa shape index (κ1) is 21.7. The average Bonchev–Trinajstić information content (AvgIpc) is 2.66. The summed E-state index contributed by atoms with van der Waals surface area (Å²) in [6.07, 6.45) is 1.34. The quantitative estimate of drug-likeness (QED) is 0.686. The summed E-state index contributed by atoms with van der Waals surface area (Å²) in [6.45, 7) is 8.20. The molecule has 1 saturated heterocycles. The fourth-order valence-corrected chi connectivity index (χ4v) is 4.71. The number of hydrogen-bond acceptors (Lipinski definition) is 5. The highest BCUT2D eigenvalue weighted by molar-refractivity contribution is 7.89. The van der Waals surface area contributed by atoms with Crippen molar-refractivity contribution in [2.45, 2.75) is 39.2 Å². The number of rotatable bonds is 8. The smallest absolute Gasteiger partial charge is 0.237 e. The lowest BCUT2D eigenvalue weighted by atomic mass is 9.93. The molecule has 0 radical (unpaired) electrons. The lowest BCUT2D eigenvalue weighted by molar-refractivity contribution is -0.120. The molecule has 1 aromatic rings. The molecule has 0 spiro atoms. The third-order valence-corrected chi connectivity index (χ3v) is 7.24. The number of aryl methyl sites for hydroxylation is 1. The van der Waals surface area contributed by atoms with Gasteiger partial charge >= 0.3 is 0 Å². The van der Waals surface area contributed by atoms with Gasteiger partial charge in [0, 0.05) is 38.4 Å². The van der Waals surface area contributed by atoms with E-state index in [9.17, 15) is 13.2 Å². The molecule has 0 aliphatic carbocycles. The Kier molecular flexibility index (Phi) is 7.25. The Morgan fingerprint density at radius 2 is 1.81 bits per heavy atom. The second-order valence-electron chi connectivity index (χ2n) is 7.22. The molecule has 8 heteroatoms. The summed E-state index contributed by atoms with van der Waals surface area (Å²) in [5.74, 6) is -1.01. The third-order valence-electron chi connectivity index (χ3n) is 5.46. The van der Waals surface area contributed by atoms with Crippen LogP contribution in [0.15, 0.2) is 24.3 Å². The number of carbonyl (C=O) groups excluding carboxylic acids is 1. The van der Waals surface area contributed by atoms with Crippen molar-refractivity contribution in [3.63, 3.8) is 0 Å². The van der Waals surface area contributed by atoms with Crippen molar-refractivity contribution in [1.29, 1.82) is 0 Å². The van der Waals surface area contributed by atoms with Crippen molar-refractivity contribution < 1.29 is 13.2 Å². The van der Waals surface area contributed by atoms with E-state index in [4.69, 9.17) is 5.73 Å². The van der Waals surface area contributed by atoms with E-state index < -0.39 is 27.2 Å². The highest BCUT2D eigenvalue weighted by Crippen LogP contribution is 2.19. The van der Waals surface area contributed by atoms with Gasteiger partial charge in [-0.3, -0.25) is 4.79 Å². The summed E-state index contributed by atoms with van der Waals surface area (Å²) >= 11 is 0. The number of sulfonamides is 1. The Hall–Kier alpha value is -1.64. The lowest BCUT2D eigenvalue weighted by Crippen LogP contribution is -2.56. The maximum Gasteiger partial charge on any atom is 0.237 e. The Bertz CT molecular complexity index is 731. The number of nitrogens with one attached hydrogen (secondary N) is 1. The zero-order valence-corrected chi connectivity index (χ0v) is 17.4. The van der Waals surface area contributed by atoms with E-state index >= 15 is 0 Å². The number of benzene rings is 1. The summed E-state index contributed by atoms with van der Waals surface area (Å²) in [7, 11) is -3.64. The van der Waals surface area contributed by atoms with Crippen LogP contribution in [0.5, 0.6) is 0 Å². The fourth-order valence-electron chi connectivity index (χ4n) is 3.40. The van der Waals surface area contributed by atoms with E-state index in [-0.39, 0.29) is 0 Å². The minimum absolute atomic E-state index is 0.293. The Labute approximate surface area is 163 Å². The van der Waals surface area contributed by atoms with E-state index in [1.807, 2.05) is 39.0 Å². The number of anilines is 1. The number of amides is 1. The number of hydrogen-bond donors (Lipinski definition) is 2. The Morgan fingerprint density at radius 3 is 2.33 bits per heavy atom. The van der Waals surface area contributed by atoms with Crippen molar-refractivity contribution in [3.8, 4) is 0 Å². The van der Waals surface area contributed by atoms with Gasteiger partial charge in [0.05, 0.1) is 5.54 Å². The average molecular weight is 397 g/mol. The van der Waals surface area contributed by atoms with Gasteiger partial charge in [-0.25, -0.2) is 8.42 Å². The minimum atomic E-state index is -3.64. The first-order valence-corrected chi connectivity index (χ1v) is 11.2. The zero-order valence-electron chi connectivity index (χ0n) is 16.6. The van der Waals surface area contributed by atoms with Crippen LogP contribution in [0.2, 0.25) is 0 Å². The second kappa shape index (κ2) is 9.03. The van der Waals surface area contributed by atoms with Gasteiger partial charge < -0.3 is 16.0 Å². The normalized spacial score (nSPS) is 16.4. The topological polar surface area (TPSA) is 95.7 Å². The molecular formula is C19H32N4O3S. The molecule has 152 valence electrons. The van der Waals surface area contributed by atoms with Crippen LogP contribution >= 0.6 is 0 Å². The van der Waals surface area contributed by atoms with Crippen LogP contribution in [0.25, 0.3) is 0 Å². The van der Waals surface area contributed by atoms with Crippen LogP contribution in [0.3, 0.4) is 0 Å². The number of carbonyl (C=O) groups is 1. The minimum Gasteiger partial charge on any atom is -0.369 e. The molecule has 1 aliphatic rings. The molecule has 2 rings (SSSR count). The maximum atomic E-state index is 12.7. The summed E-state index contributed by atoms with van der Waals surface area (Å²) in [6, 6.07) is 8.17. The van der Waals surface area contributed by atoms with E-state index in [0.717, 1.165) is 5.69 Å². The van der Waals surface area contributed by atoms with Gasteiger partial charge in [-0.15, -0.1) is 0 Å². The van der Waals surface area contributed by atoms with Gasteiger partial charge in [-0.2, -0.15) is 4.31 Å². The number of nitrogens with two attached hydrogens (primary N) is 1. The van der Waals surface area contributed by atoms with E-state index in [2.05, 4.69) is 16.3 Å². The summed E-state index contributed by atoms with van der Waals surface area (Å²) < 4.78 is 26.7. The molecule has 1 heterocycles. The van der Waals surface area contributed by atoms with Crippen LogP contribution in [-0.2, 0) is 14.8 Å². The first-order valence-electron chi connectivity index (χ1n) is 9.56. The number of nitrogens with zero attached hydrogens (tertiary/aromatic N) is 2. The molecule has 1 fully saturated rings. The number of piperazine rings is 1. The Morgan fingerprint density at radius 1 is 1.19 bits per heavy atom. The van der Waals surface area contributed by atoms with Crippen LogP contribution in [-0.4, -0.2) is 62.6 Å². The van der Waals surface area contributed by atoms with Crippen LogP contribution in [0, 0.1) is 6.92 Å². The molecule has 0 atom stereocenters. The first-order chi connectivity index (χ1) is 12.7. The summed E-state index contributed by atoms with van der Waals surface area (Å²) in [4.78, 5) is 14.5. The molecule has 27 heavy (non-hydrogen) atoms. The molecule has 0 saturated carbocycles. The van der Waals surface area contributed by atoms with Gasteiger partial charge in [0.1, 0.15) is 5.75 Å². The van der Waals surface area contributed by atoms with Crippen LogP contribution in [0.1, 0.15) is 32.3 Å². The Balaban J connectivity index is 1.95. The van der Waals surface area contributed by atoms with Crippen LogP contribution < -0.4 is 16.0 Å². The van der Waals surface area contributed by atoms with Gasteiger partial charge in [0.2, 0.25) is 15.9 Å². The maximum absolute atomic E-state index is 12.7. The van der Waals surface area contributed by atoms with Gasteiger partial charge in [0.15, 0.2) is 0 Å². The molecule has 0 bridgehead atoms. The van der Waals surface area contributed by atoms with Crippen molar-refractivity contribution >= 4 is 21.6 Å². The molecule has 3 N–H and O–H groups in total. The van der Waals surface area contributed by atoms with E-state index in [1.54, 1.807) is 0 Å². The van der Waals surface area contributed by atoms with E-state index in [0.29, 0.717) is 45.6 Å². The largest absolute Gasteiger partial charge is 0.369 e. The van der Waals surface area contributed by atoms with Gasteiger partial charge in [-0.05, 0) is 37.5 Å². The molecule has 1 aromatic carbocycles. The molecule has 1 amide bonds. The molecule has 0 aromatic heterocycles. The standard InChI is InChI=1S/C19H32N4O3S/c1-4-19(5-2,15-20)21-18(24)14-27(25,26)23-11-9-22(10-12-23)17-8-6-7-16(3)13-17/h6-8,13H,4-5,9-12,14-15,20H2,1-3H3,(H,21,24). The van der Waals surface area contributed by atoms with Crippen molar-refractivity contribution in [3.05, 3.63) is 29.8 Å². The molecule has 1 aliphatic heterocycles. The highest BCUT2D eigenvalue weighted by Gasteiger charge is 2.32. The van der Waals surface area contributed by atoms with Crippen LogP contribution in [0.4, 0.5) is 5.69 Å². The SMILES string of the molecule is CCC(CC)(CN)NC(=O)CS(=O)(=O)N1CCN(c2cccc(C)c2)CC1. The monoisotopic (exact) mass is 396 g/mol. The van der Waals surface area contributed by atoms with Crippen molar-refractivity contribution in [2.75, 3.05) is 43.4 Å². The summed E-state index contributed by atoms with van der Waals surface area (Å²) in [5.41, 5.74) is 7.53.